The van der Waals surface area contributed by atoms with Crippen molar-refractivity contribution >= 4 is 11.8 Å². The summed E-state index contributed by atoms with van der Waals surface area (Å²) >= 11 is 0. The van der Waals surface area contributed by atoms with Crippen LogP contribution >= 0.6 is 0 Å². The maximum atomic E-state index is 13.0. The van der Waals surface area contributed by atoms with E-state index in [0.717, 1.165) is 31.2 Å². The van der Waals surface area contributed by atoms with Crippen LogP contribution < -0.4 is 5.73 Å². The first-order chi connectivity index (χ1) is 16.7. The Labute approximate surface area is 202 Å². The molecule has 1 aliphatic rings. The normalized spacial score (nSPS) is 14.2. The Morgan fingerprint density at radius 1 is 0.824 bits per heavy atom. The molecule has 1 fully saturated rings. The highest BCUT2D eigenvalue weighted by molar-refractivity contribution is 5.98. The van der Waals surface area contributed by atoms with Crippen LogP contribution in [0.5, 0.6) is 0 Å². The minimum atomic E-state index is -0.114. The summed E-state index contributed by atoms with van der Waals surface area (Å²) in [5, 5.41) is 11.0. The summed E-state index contributed by atoms with van der Waals surface area (Å²) in [4.78, 5) is 13.0. The zero-order valence-corrected chi connectivity index (χ0v) is 19.6. The summed E-state index contributed by atoms with van der Waals surface area (Å²) in [6.07, 6.45) is 7.39. The summed E-state index contributed by atoms with van der Waals surface area (Å²) in [7, 11) is 0. The lowest BCUT2D eigenvalue weighted by atomic mass is 9.86. The summed E-state index contributed by atoms with van der Waals surface area (Å²) < 4.78 is 5.12. The molecule has 5 nitrogen and oxygen atoms in total. The Morgan fingerprint density at radius 2 is 1.29 bits per heavy atom. The van der Waals surface area contributed by atoms with Gasteiger partial charge in [0.15, 0.2) is 5.78 Å². The standard InChI is InChI=1S/C22H20O.C7H14N2O2/c23-22(20-14-8-3-9-15-20)21(16-18-10-4-1-5-11-18)17-19-12-6-2-7-13-19;8-7(9-10)11-6-4-2-1-3-5-6/h1-15,21H,16-17H2;6,10H,1-5H2,(H2,8,9). The molecule has 0 spiro atoms. The molecule has 0 unspecified atom stereocenters. The van der Waals surface area contributed by atoms with E-state index in [1.54, 1.807) is 0 Å². The molecule has 0 heterocycles. The molecule has 1 aliphatic carbocycles. The molecule has 0 saturated heterocycles. The van der Waals surface area contributed by atoms with Crippen LogP contribution in [0.2, 0.25) is 0 Å². The van der Waals surface area contributed by atoms with Crippen LogP contribution in [0.15, 0.2) is 96.2 Å². The van der Waals surface area contributed by atoms with Gasteiger partial charge in [-0.15, -0.1) is 0 Å². The SMILES string of the molecule is NC(=NO)OC1CCCCC1.O=C(c1ccccc1)C(Cc1ccccc1)Cc1ccccc1. The lowest BCUT2D eigenvalue weighted by Crippen LogP contribution is -2.26. The van der Waals surface area contributed by atoms with E-state index in [1.807, 2.05) is 66.7 Å². The number of hydrogen-bond donors (Lipinski definition) is 2. The highest BCUT2D eigenvalue weighted by Crippen LogP contribution is 2.21. The van der Waals surface area contributed by atoms with E-state index in [0.29, 0.717) is 0 Å². The van der Waals surface area contributed by atoms with E-state index in [9.17, 15) is 4.79 Å². The second kappa shape index (κ2) is 13.8. The quantitative estimate of drug-likeness (QED) is 0.149. The second-order valence-corrected chi connectivity index (χ2v) is 8.62. The average Bonchev–Trinajstić information content (AvgIpc) is 2.90. The minimum Gasteiger partial charge on any atom is -0.460 e. The third-order valence-electron chi connectivity index (χ3n) is 6.02. The molecule has 3 N–H and O–H groups in total. The van der Waals surface area contributed by atoms with Crippen molar-refractivity contribution in [2.24, 2.45) is 16.8 Å². The summed E-state index contributed by atoms with van der Waals surface area (Å²) in [6, 6.07) is 30.0. The van der Waals surface area contributed by atoms with Crippen molar-refractivity contribution in [2.75, 3.05) is 0 Å². The number of ether oxygens (including phenoxy) is 1. The molecule has 0 bridgehead atoms. The zero-order valence-electron chi connectivity index (χ0n) is 19.6. The van der Waals surface area contributed by atoms with Crippen molar-refractivity contribution < 1.29 is 14.7 Å². The fourth-order valence-corrected chi connectivity index (χ4v) is 4.27. The van der Waals surface area contributed by atoms with Gasteiger partial charge in [0.05, 0.1) is 0 Å². The summed E-state index contributed by atoms with van der Waals surface area (Å²) in [5.74, 6) is 0.181. The molecule has 5 heteroatoms. The smallest absolute Gasteiger partial charge is 0.321 e. The van der Waals surface area contributed by atoms with Gasteiger partial charge in [0.25, 0.3) is 0 Å². The number of nitrogens with zero attached hydrogens (tertiary/aromatic N) is 1. The molecule has 3 aromatic rings. The molecule has 34 heavy (non-hydrogen) atoms. The third-order valence-corrected chi connectivity index (χ3v) is 6.02. The third kappa shape index (κ3) is 8.39. The molecular weight excluding hydrogens is 424 g/mol. The first-order valence-corrected chi connectivity index (χ1v) is 12.0. The number of ketones is 1. The van der Waals surface area contributed by atoms with Crippen LogP contribution in [0.25, 0.3) is 0 Å². The van der Waals surface area contributed by atoms with Gasteiger partial charge < -0.3 is 15.7 Å². The van der Waals surface area contributed by atoms with Gasteiger partial charge in [-0.25, -0.2) is 0 Å². The fraction of sp³-hybridized carbons (Fsp3) is 0.310. The fourth-order valence-electron chi connectivity index (χ4n) is 4.27. The highest BCUT2D eigenvalue weighted by atomic mass is 16.5. The number of amidine groups is 1. The average molecular weight is 459 g/mol. The van der Waals surface area contributed by atoms with E-state index in [-0.39, 0.29) is 23.8 Å². The number of carbonyl (C=O) groups is 1. The van der Waals surface area contributed by atoms with Gasteiger partial charge in [0.2, 0.25) is 0 Å². The number of rotatable bonds is 7. The van der Waals surface area contributed by atoms with Gasteiger partial charge in [-0.05, 0) is 54.8 Å². The second-order valence-electron chi connectivity index (χ2n) is 8.62. The Hall–Kier alpha value is -3.60. The van der Waals surface area contributed by atoms with Crippen molar-refractivity contribution in [3.8, 4) is 0 Å². The monoisotopic (exact) mass is 458 g/mol. The van der Waals surface area contributed by atoms with Crippen molar-refractivity contribution in [2.45, 2.75) is 51.0 Å². The summed E-state index contributed by atoms with van der Waals surface area (Å²) in [6.45, 7) is 0. The van der Waals surface area contributed by atoms with Crippen molar-refractivity contribution in [3.63, 3.8) is 0 Å². The Kier molecular flexibility index (Phi) is 10.2. The minimum absolute atomic E-state index is 0.0396. The van der Waals surface area contributed by atoms with E-state index in [1.165, 1.54) is 30.4 Å². The molecule has 0 aromatic heterocycles. The lowest BCUT2D eigenvalue weighted by Gasteiger charge is -2.21. The highest BCUT2D eigenvalue weighted by Gasteiger charge is 2.21. The van der Waals surface area contributed by atoms with Crippen molar-refractivity contribution in [1.29, 1.82) is 0 Å². The number of hydrogen-bond acceptors (Lipinski definition) is 4. The van der Waals surface area contributed by atoms with Crippen LogP contribution in [-0.2, 0) is 17.6 Å². The van der Waals surface area contributed by atoms with E-state index in [4.69, 9.17) is 15.7 Å². The number of benzene rings is 3. The Morgan fingerprint density at radius 3 is 1.76 bits per heavy atom. The number of carbonyl (C=O) groups excluding carboxylic acids is 1. The topological polar surface area (TPSA) is 84.9 Å². The molecule has 1 saturated carbocycles. The number of Topliss-reactive ketones (excluding diaryl/α,β-unsaturated/α-hetero) is 1. The van der Waals surface area contributed by atoms with Crippen LogP contribution in [0.3, 0.4) is 0 Å². The van der Waals surface area contributed by atoms with E-state index in [2.05, 4.69) is 29.4 Å². The van der Waals surface area contributed by atoms with Crippen molar-refractivity contribution in [3.05, 3.63) is 108 Å². The lowest BCUT2D eigenvalue weighted by molar-refractivity contribution is 0.0918. The molecule has 0 atom stereocenters. The molecule has 0 radical (unpaired) electrons. The van der Waals surface area contributed by atoms with Gasteiger partial charge in [-0.2, -0.15) is 0 Å². The van der Waals surface area contributed by atoms with Gasteiger partial charge in [0.1, 0.15) is 6.10 Å². The molecular formula is C29H34N2O3. The van der Waals surface area contributed by atoms with E-state index >= 15 is 0 Å². The molecule has 0 aliphatic heterocycles. The van der Waals surface area contributed by atoms with Gasteiger partial charge >= 0.3 is 6.02 Å². The largest absolute Gasteiger partial charge is 0.460 e. The predicted molar refractivity (Wildman–Crippen MR) is 136 cm³/mol. The predicted octanol–water partition coefficient (Wildman–Crippen LogP) is 6.01. The Bertz CT molecular complexity index is 960. The first-order valence-electron chi connectivity index (χ1n) is 12.0. The number of oxime groups is 1. The van der Waals surface area contributed by atoms with Gasteiger partial charge in [-0.3, -0.25) is 4.79 Å². The zero-order chi connectivity index (χ0) is 24.0. The van der Waals surface area contributed by atoms with Gasteiger partial charge in [0, 0.05) is 11.5 Å². The molecule has 3 aromatic carbocycles. The first kappa shape index (κ1) is 25.0. The number of nitrogens with two attached hydrogens (primary N) is 1. The maximum absolute atomic E-state index is 13.0. The van der Waals surface area contributed by atoms with Crippen LogP contribution in [-0.4, -0.2) is 23.1 Å². The van der Waals surface area contributed by atoms with Crippen LogP contribution in [0, 0.1) is 5.92 Å². The van der Waals surface area contributed by atoms with Crippen molar-refractivity contribution in [1.82, 2.24) is 0 Å². The van der Waals surface area contributed by atoms with E-state index < -0.39 is 0 Å². The summed E-state index contributed by atoms with van der Waals surface area (Å²) in [5.41, 5.74) is 8.39. The molecule has 4 rings (SSSR count). The van der Waals surface area contributed by atoms with Gasteiger partial charge in [-0.1, -0.05) is 97.4 Å². The van der Waals surface area contributed by atoms with Crippen LogP contribution in [0.4, 0.5) is 0 Å². The Balaban J connectivity index is 0.000000248. The maximum Gasteiger partial charge on any atom is 0.321 e. The molecule has 178 valence electrons. The molecule has 0 amide bonds. The van der Waals surface area contributed by atoms with Crippen LogP contribution in [0.1, 0.15) is 53.6 Å².